The Hall–Kier alpha value is -3.85. The molecule has 2 N–H and O–H groups in total. The van der Waals surface area contributed by atoms with Gasteiger partial charge in [0.2, 0.25) is 0 Å². The molecular formula is C40H58N2O12. The number of nitrogens with one attached hydrogen (secondary N) is 1. The molecular weight excluding hydrogens is 700 g/mol. The molecule has 0 spiro atoms. The number of aliphatic hydroxyl groups is 1. The number of alkyl carbamates (subject to hydrolysis) is 1. The average molecular weight is 759 g/mol. The molecule has 14 nitrogen and oxygen atoms in total. The minimum absolute atomic E-state index is 0.150. The van der Waals surface area contributed by atoms with Crippen LogP contribution in [0.5, 0.6) is 0 Å². The highest BCUT2D eigenvalue weighted by molar-refractivity contribution is 6.00. The van der Waals surface area contributed by atoms with Crippen molar-refractivity contribution in [1.82, 2.24) is 10.2 Å². The number of carbonyl (C=O) groups is 5. The van der Waals surface area contributed by atoms with Gasteiger partial charge in [-0.2, -0.15) is 0 Å². The molecule has 3 aliphatic heterocycles. The lowest BCUT2D eigenvalue weighted by molar-refractivity contribution is -0.293. The first-order valence-electron chi connectivity index (χ1n) is 18.8. The van der Waals surface area contributed by atoms with Crippen LogP contribution in [0.1, 0.15) is 80.2 Å². The zero-order valence-electron chi connectivity index (χ0n) is 33.1. The van der Waals surface area contributed by atoms with Crippen LogP contribution in [0.3, 0.4) is 0 Å². The molecule has 0 unspecified atom stereocenters. The normalized spacial score (nSPS) is 38.3. The number of Topliss-reactive ketones (excluding diaryl/α,β-unsaturated/α-hetero) is 2. The number of hydrogen-bond acceptors (Lipinski definition) is 13. The molecule has 54 heavy (non-hydrogen) atoms. The highest BCUT2D eigenvalue weighted by Crippen LogP contribution is 2.40. The summed E-state index contributed by atoms with van der Waals surface area (Å²) in [6, 6.07) is 8.13. The van der Waals surface area contributed by atoms with Gasteiger partial charge in [-0.1, -0.05) is 64.1 Å². The van der Waals surface area contributed by atoms with E-state index in [0.29, 0.717) is 6.42 Å². The van der Waals surface area contributed by atoms with Crippen molar-refractivity contribution in [1.29, 1.82) is 0 Å². The topological polar surface area (TPSA) is 176 Å². The zero-order chi connectivity index (χ0) is 40.1. The van der Waals surface area contributed by atoms with Gasteiger partial charge < -0.3 is 43.7 Å². The second-order valence-corrected chi connectivity index (χ2v) is 15.7. The Balaban J connectivity index is 1.78. The summed E-state index contributed by atoms with van der Waals surface area (Å²) < 4.78 is 35.8. The lowest BCUT2D eigenvalue weighted by atomic mass is 9.73. The minimum atomic E-state index is -1.78. The Kier molecular flexibility index (Phi) is 14.1. The third kappa shape index (κ3) is 9.50. The number of amides is 1. The van der Waals surface area contributed by atoms with E-state index >= 15 is 0 Å². The van der Waals surface area contributed by atoms with Gasteiger partial charge in [0, 0.05) is 23.8 Å². The van der Waals surface area contributed by atoms with Crippen molar-refractivity contribution in [3.63, 3.8) is 0 Å². The number of hydrogen-bond donors (Lipinski definition) is 2. The maximum absolute atomic E-state index is 14.3. The lowest BCUT2D eigenvalue weighted by Crippen LogP contribution is -2.60. The SMILES string of the molecule is CC[C@H]1OC(=O)[C@H](C)C(=O)[C@H](C)[C@@H](O[C@@H]2O[C@H](C)C[C@H](N(C)C)[C@H]2O)[C@](C)(OC(=O)OCC=Cc2ccccc2)C[C@@H](C)C(=O)[C@H](C)[C@H]2NC(=O)O[C@@]21C. The summed E-state index contributed by atoms with van der Waals surface area (Å²) >= 11 is 0. The van der Waals surface area contributed by atoms with Gasteiger partial charge in [0.15, 0.2) is 17.7 Å². The third-order valence-corrected chi connectivity index (χ3v) is 11.2. The molecule has 300 valence electrons. The summed E-state index contributed by atoms with van der Waals surface area (Å²) in [7, 11) is 3.64. The summed E-state index contributed by atoms with van der Waals surface area (Å²) in [5.41, 5.74) is -2.32. The largest absolute Gasteiger partial charge is 0.509 e. The first-order chi connectivity index (χ1) is 25.3. The van der Waals surface area contributed by atoms with E-state index in [2.05, 4.69) is 5.32 Å². The van der Waals surface area contributed by atoms with Crippen LogP contribution in [0.4, 0.5) is 9.59 Å². The second kappa shape index (κ2) is 17.7. The van der Waals surface area contributed by atoms with Crippen molar-refractivity contribution >= 4 is 35.9 Å². The van der Waals surface area contributed by atoms with E-state index in [1.807, 2.05) is 56.3 Å². The summed E-state index contributed by atoms with van der Waals surface area (Å²) in [4.78, 5) is 70.4. The number of rotatable bonds is 8. The van der Waals surface area contributed by atoms with Gasteiger partial charge >= 0.3 is 18.2 Å². The predicted octanol–water partition coefficient (Wildman–Crippen LogP) is 4.70. The number of nitrogens with zero attached hydrogens (tertiary/aromatic N) is 1. The van der Waals surface area contributed by atoms with E-state index in [9.17, 15) is 29.1 Å². The van der Waals surface area contributed by atoms with E-state index in [1.165, 1.54) is 20.8 Å². The lowest BCUT2D eigenvalue weighted by Gasteiger charge is -2.46. The average Bonchev–Trinajstić information content (AvgIpc) is 3.44. The molecule has 3 saturated heterocycles. The quantitative estimate of drug-likeness (QED) is 0.212. The molecule has 0 aliphatic carbocycles. The van der Waals surface area contributed by atoms with Crippen LogP contribution in [-0.4, -0.2) is 114 Å². The molecule has 0 aromatic heterocycles. The number of carbonyl (C=O) groups excluding carboxylic acids is 5. The maximum Gasteiger partial charge on any atom is 0.509 e. The molecule has 3 heterocycles. The number of fused-ring (bicyclic) bond motifs is 1. The second-order valence-electron chi connectivity index (χ2n) is 15.7. The number of aliphatic hydroxyl groups excluding tert-OH is 1. The van der Waals surface area contributed by atoms with Crippen LogP contribution in [0, 0.1) is 23.7 Å². The van der Waals surface area contributed by atoms with Crippen LogP contribution in [0.15, 0.2) is 36.4 Å². The molecule has 0 radical (unpaired) electrons. The van der Waals surface area contributed by atoms with Gasteiger partial charge in [0.1, 0.15) is 42.2 Å². The van der Waals surface area contributed by atoms with E-state index in [0.717, 1.165) is 5.56 Å². The van der Waals surface area contributed by atoms with Gasteiger partial charge in [-0.15, -0.1) is 0 Å². The van der Waals surface area contributed by atoms with Crippen LogP contribution < -0.4 is 5.32 Å². The smallest absolute Gasteiger partial charge is 0.458 e. The van der Waals surface area contributed by atoms with Gasteiger partial charge in [0.25, 0.3) is 0 Å². The van der Waals surface area contributed by atoms with E-state index < -0.39 is 89.5 Å². The Labute approximate surface area is 318 Å². The van der Waals surface area contributed by atoms with Crippen LogP contribution >= 0.6 is 0 Å². The summed E-state index contributed by atoms with van der Waals surface area (Å²) in [6.45, 7) is 12.8. The van der Waals surface area contributed by atoms with Gasteiger partial charge in [-0.05, 0) is 72.7 Å². The van der Waals surface area contributed by atoms with Crippen molar-refractivity contribution in [2.75, 3.05) is 20.7 Å². The Morgan fingerprint density at radius 1 is 1.02 bits per heavy atom. The van der Waals surface area contributed by atoms with Gasteiger partial charge in [-0.25, -0.2) is 9.59 Å². The fourth-order valence-electron chi connectivity index (χ4n) is 8.17. The first-order valence-corrected chi connectivity index (χ1v) is 18.8. The number of likely N-dealkylation sites (N-methyl/N-ethyl adjacent to an activating group) is 1. The molecule has 3 fully saturated rings. The van der Waals surface area contributed by atoms with Crippen molar-refractivity contribution < 1.29 is 57.5 Å². The maximum atomic E-state index is 14.3. The molecule has 1 amide bonds. The van der Waals surface area contributed by atoms with E-state index in [1.54, 1.807) is 39.8 Å². The Morgan fingerprint density at radius 2 is 1.69 bits per heavy atom. The predicted molar refractivity (Wildman–Crippen MR) is 197 cm³/mol. The van der Waals surface area contributed by atoms with E-state index in [-0.39, 0.29) is 37.4 Å². The number of esters is 1. The molecule has 0 bridgehead atoms. The third-order valence-electron chi connectivity index (χ3n) is 11.2. The van der Waals surface area contributed by atoms with Crippen molar-refractivity contribution in [2.24, 2.45) is 23.7 Å². The fraction of sp³-hybridized carbons (Fsp3) is 0.675. The molecule has 4 rings (SSSR count). The summed E-state index contributed by atoms with van der Waals surface area (Å²) in [5.74, 6) is -6.00. The monoisotopic (exact) mass is 758 g/mol. The molecule has 1 aromatic carbocycles. The summed E-state index contributed by atoms with van der Waals surface area (Å²) in [6.07, 6.45) is -3.07. The molecule has 0 saturated carbocycles. The number of ether oxygens (including phenoxy) is 6. The van der Waals surface area contributed by atoms with Crippen molar-refractivity contribution in [3.05, 3.63) is 42.0 Å². The molecule has 3 aliphatic rings. The fourth-order valence-corrected chi connectivity index (χ4v) is 8.17. The van der Waals surface area contributed by atoms with E-state index in [4.69, 9.17) is 28.4 Å². The number of cyclic esters (lactones) is 1. The van der Waals surface area contributed by atoms with Gasteiger partial charge in [0.05, 0.1) is 12.1 Å². The highest BCUT2D eigenvalue weighted by atomic mass is 16.8. The van der Waals surface area contributed by atoms with Crippen LogP contribution in [0.2, 0.25) is 0 Å². The number of ketones is 2. The molecule has 14 heteroatoms. The summed E-state index contributed by atoms with van der Waals surface area (Å²) in [5, 5.41) is 14.2. The molecule has 13 atom stereocenters. The van der Waals surface area contributed by atoms with Gasteiger partial charge in [-0.3, -0.25) is 14.4 Å². The van der Waals surface area contributed by atoms with Crippen LogP contribution in [-0.2, 0) is 42.8 Å². The van der Waals surface area contributed by atoms with Crippen LogP contribution in [0.25, 0.3) is 6.08 Å². The first kappa shape index (κ1) is 42.9. The zero-order valence-corrected chi connectivity index (χ0v) is 33.1. The number of benzene rings is 1. The van der Waals surface area contributed by atoms with Crippen molar-refractivity contribution in [3.8, 4) is 0 Å². The Bertz CT molecular complexity index is 1540. The highest BCUT2D eigenvalue weighted by Gasteiger charge is 2.57. The standard InChI is InChI=1S/C40H58N2O12/c1-11-29-40(8)33(41-37(47)53-40)24(4)30(43)22(2)21-39(7,54-38(48)49-19-15-18-27-16-13-12-14-17-27)34(25(5)31(44)26(6)35(46)51-29)52-36-32(45)28(42(9)10)20-23(3)50-36/h12-18,22-26,28-29,32-34,36,45H,11,19-21H2,1-10H3,(H,41,47)/t22-,23-,24+,25+,26-,28+,29-,32-,33-,34-,36+,39-,40-/m1/s1. The Morgan fingerprint density at radius 3 is 2.31 bits per heavy atom. The molecule has 1 aromatic rings. The van der Waals surface area contributed by atoms with Crippen molar-refractivity contribution in [2.45, 2.75) is 129 Å². The minimum Gasteiger partial charge on any atom is -0.458 e.